The van der Waals surface area contributed by atoms with Crippen LogP contribution in [0.5, 0.6) is 0 Å². The van der Waals surface area contributed by atoms with Gasteiger partial charge >= 0.3 is 0 Å². The van der Waals surface area contributed by atoms with Crippen molar-refractivity contribution in [2.45, 2.75) is 6.55 Å². The smallest absolute Gasteiger partial charge is 0.221 e. The van der Waals surface area contributed by atoms with Gasteiger partial charge in [0.25, 0.3) is 0 Å². The van der Waals surface area contributed by atoms with Gasteiger partial charge in [-0.1, -0.05) is 0 Å². The standard InChI is InChI=1S/C7H22N4Si/c1-8(2)11(9(3)4)12(7)10(5)6/h12H,1-7H3. The molecule has 0 aliphatic rings. The van der Waals surface area contributed by atoms with E-state index in [4.69, 9.17) is 0 Å². The molecule has 0 saturated heterocycles. The Morgan fingerprint density at radius 1 is 0.750 bits per heavy atom. The van der Waals surface area contributed by atoms with Gasteiger partial charge in [0.05, 0.1) is 0 Å². The number of rotatable bonds is 4. The highest BCUT2D eigenvalue weighted by Gasteiger charge is 2.21. The summed E-state index contributed by atoms with van der Waals surface area (Å²) in [6.45, 7) is 2.31. The lowest BCUT2D eigenvalue weighted by Crippen LogP contribution is -2.59. The molecule has 0 aromatic rings. The summed E-state index contributed by atoms with van der Waals surface area (Å²) in [4.78, 5) is 2.31. The van der Waals surface area contributed by atoms with Crippen LogP contribution in [0.2, 0.25) is 6.55 Å². The highest BCUT2D eigenvalue weighted by molar-refractivity contribution is 6.50. The molecule has 0 aliphatic heterocycles. The molecule has 4 nitrogen and oxygen atoms in total. The van der Waals surface area contributed by atoms with Gasteiger partial charge in [-0.3, -0.25) is 0 Å². The summed E-state index contributed by atoms with van der Waals surface area (Å²) in [7, 11) is 11.6. The maximum absolute atomic E-state index is 2.31. The molecule has 0 aromatic carbocycles. The molecule has 12 heavy (non-hydrogen) atoms. The van der Waals surface area contributed by atoms with Crippen LogP contribution in [0, 0.1) is 0 Å². The molecule has 0 saturated carbocycles. The predicted molar refractivity (Wildman–Crippen MR) is 55.9 cm³/mol. The van der Waals surface area contributed by atoms with Crippen molar-refractivity contribution in [3.63, 3.8) is 0 Å². The lowest BCUT2D eigenvalue weighted by atomic mass is 11.1. The molecule has 0 bridgehead atoms. The predicted octanol–water partition coefficient (Wildman–Crippen LogP) is -0.346. The Balaban J connectivity index is 4.30. The molecule has 0 spiro atoms. The van der Waals surface area contributed by atoms with E-state index in [0.717, 1.165) is 0 Å². The summed E-state index contributed by atoms with van der Waals surface area (Å²) in [5, 5.41) is 4.27. The average Bonchev–Trinajstić information content (AvgIpc) is 1.85. The van der Waals surface area contributed by atoms with Crippen LogP contribution in [0.15, 0.2) is 0 Å². The minimum atomic E-state index is -0.988. The first kappa shape index (κ1) is 12.1. The van der Waals surface area contributed by atoms with Gasteiger partial charge in [0.15, 0.2) is 0 Å². The summed E-state index contributed by atoms with van der Waals surface area (Å²) in [5.41, 5.74) is 0. The number of hydrazine groups is 2. The molecule has 0 rings (SSSR count). The molecular formula is C7H22N4Si. The molecule has 5 heteroatoms. The molecule has 0 radical (unpaired) electrons. The van der Waals surface area contributed by atoms with Crippen molar-refractivity contribution in [3.05, 3.63) is 0 Å². The third-order valence-corrected chi connectivity index (χ3v) is 4.99. The van der Waals surface area contributed by atoms with E-state index in [-0.39, 0.29) is 0 Å². The van der Waals surface area contributed by atoms with Crippen molar-refractivity contribution < 1.29 is 0 Å². The first-order valence-corrected chi connectivity index (χ1v) is 6.36. The van der Waals surface area contributed by atoms with Crippen LogP contribution in [0.3, 0.4) is 0 Å². The van der Waals surface area contributed by atoms with Crippen LogP contribution in [-0.4, -0.2) is 70.8 Å². The van der Waals surface area contributed by atoms with Gasteiger partial charge in [-0.15, -0.1) is 0 Å². The molecule has 1 unspecified atom stereocenters. The van der Waals surface area contributed by atoms with E-state index in [9.17, 15) is 0 Å². The van der Waals surface area contributed by atoms with Crippen LogP contribution >= 0.6 is 0 Å². The van der Waals surface area contributed by atoms with Crippen molar-refractivity contribution in [1.29, 1.82) is 0 Å². The lowest BCUT2D eigenvalue weighted by molar-refractivity contribution is -0.0594. The fourth-order valence-electron chi connectivity index (χ4n) is 1.23. The highest BCUT2D eigenvalue weighted by atomic mass is 28.3. The maximum Gasteiger partial charge on any atom is 0.221 e. The second kappa shape index (κ2) is 4.93. The molecule has 0 N–H and O–H groups in total. The number of hydrogen-bond donors (Lipinski definition) is 0. The molecular weight excluding hydrogens is 168 g/mol. The summed E-state index contributed by atoms with van der Waals surface area (Å²) in [5.74, 6) is 0. The second-order valence-electron chi connectivity index (χ2n) is 3.61. The second-order valence-corrected chi connectivity index (χ2v) is 6.37. The van der Waals surface area contributed by atoms with Gasteiger partial charge < -0.3 is 4.57 Å². The first-order chi connectivity index (χ1) is 5.37. The summed E-state index contributed by atoms with van der Waals surface area (Å²) in [6, 6.07) is 0. The Bertz CT molecular complexity index is 119. The minimum Gasteiger partial charge on any atom is -0.318 e. The van der Waals surface area contributed by atoms with Gasteiger partial charge in [0.2, 0.25) is 9.12 Å². The number of nitrogens with zero attached hydrogens (tertiary/aromatic N) is 4. The van der Waals surface area contributed by atoms with Gasteiger partial charge in [-0.05, 0) is 20.6 Å². The van der Waals surface area contributed by atoms with Crippen molar-refractivity contribution in [2.75, 3.05) is 42.3 Å². The monoisotopic (exact) mass is 190 g/mol. The fraction of sp³-hybridized carbons (Fsp3) is 1.00. The van der Waals surface area contributed by atoms with E-state index in [1.165, 1.54) is 0 Å². The van der Waals surface area contributed by atoms with E-state index in [1.54, 1.807) is 0 Å². The van der Waals surface area contributed by atoms with Crippen LogP contribution in [0.4, 0.5) is 0 Å². The summed E-state index contributed by atoms with van der Waals surface area (Å²) in [6.07, 6.45) is 0. The van der Waals surface area contributed by atoms with Gasteiger partial charge in [-0.25, -0.2) is 10.0 Å². The van der Waals surface area contributed by atoms with Crippen LogP contribution in [0.1, 0.15) is 0 Å². The van der Waals surface area contributed by atoms with E-state index in [1.807, 2.05) is 0 Å². The van der Waals surface area contributed by atoms with E-state index >= 15 is 0 Å². The molecule has 0 aliphatic carbocycles. The third-order valence-electron chi connectivity index (χ3n) is 1.90. The quantitative estimate of drug-likeness (QED) is 0.444. The van der Waals surface area contributed by atoms with Crippen molar-refractivity contribution in [1.82, 2.24) is 19.4 Å². The first-order valence-electron chi connectivity index (χ1n) is 4.18. The van der Waals surface area contributed by atoms with E-state index < -0.39 is 9.12 Å². The molecule has 0 aromatic heterocycles. The molecule has 1 atom stereocenters. The Labute approximate surface area is 78.0 Å². The van der Waals surface area contributed by atoms with Crippen LogP contribution < -0.4 is 0 Å². The maximum atomic E-state index is 2.31. The Morgan fingerprint density at radius 3 is 1.17 bits per heavy atom. The Kier molecular flexibility index (Phi) is 4.96. The van der Waals surface area contributed by atoms with Crippen LogP contribution in [0.25, 0.3) is 0 Å². The average molecular weight is 190 g/mol. The SMILES string of the molecule is CN(C)N(N(C)C)[SiH](C)N(C)C. The van der Waals surface area contributed by atoms with Crippen LogP contribution in [-0.2, 0) is 0 Å². The number of hydrogen-bond acceptors (Lipinski definition) is 4. The Morgan fingerprint density at radius 2 is 1.08 bits per heavy atom. The lowest BCUT2D eigenvalue weighted by Gasteiger charge is -2.40. The normalized spacial score (nSPS) is 15.2. The molecule has 0 heterocycles. The van der Waals surface area contributed by atoms with Gasteiger partial charge in [-0.2, -0.15) is 4.78 Å². The fourth-order valence-corrected chi connectivity index (χ4v) is 2.98. The topological polar surface area (TPSA) is 13.0 Å². The van der Waals surface area contributed by atoms with Crippen molar-refractivity contribution in [3.8, 4) is 0 Å². The zero-order chi connectivity index (χ0) is 9.89. The molecule has 0 fully saturated rings. The zero-order valence-corrected chi connectivity index (χ0v) is 10.5. The highest BCUT2D eigenvalue weighted by Crippen LogP contribution is 2.01. The molecule has 0 amide bonds. The summed E-state index contributed by atoms with van der Waals surface area (Å²) >= 11 is 0. The van der Waals surface area contributed by atoms with Gasteiger partial charge in [0, 0.05) is 28.2 Å². The van der Waals surface area contributed by atoms with Crippen molar-refractivity contribution >= 4 is 9.12 Å². The Hall–Kier alpha value is 0.0569. The third kappa shape index (κ3) is 3.20. The zero-order valence-electron chi connectivity index (χ0n) is 9.37. The minimum absolute atomic E-state index is 0.988. The van der Waals surface area contributed by atoms with Crippen molar-refractivity contribution in [2.24, 2.45) is 0 Å². The summed E-state index contributed by atoms with van der Waals surface area (Å²) < 4.78 is 2.31. The van der Waals surface area contributed by atoms with E-state index in [2.05, 4.69) is 68.2 Å². The van der Waals surface area contributed by atoms with E-state index in [0.29, 0.717) is 0 Å². The van der Waals surface area contributed by atoms with Gasteiger partial charge in [0.1, 0.15) is 0 Å². The molecule has 74 valence electrons. The largest absolute Gasteiger partial charge is 0.318 e.